The summed E-state index contributed by atoms with van der Waals surface area (Å²) in [5.41, 5.74) is 1.50. The maximum Gasteiger partial charge on any atom is 0.265 e. The van der Waals surface area contributed by atoms with Gasteiger partial charge in [-0.2, -0.15) is 0 Å². The zero-order valence-corrected chi connectivity index (χ0v) is 23.2. The van der Waals surface area contributed by atoms with Crippen molar-refractivity contribution < 1.29 is 22.7 Å². The van der Waals surface area contributed by atoms with Gasteiger partial charge in [0.2, 0.25) is 11.8 Å². The summed E-state index contributed by atoms with van der Waals surface area (Å²) in [7, 11) is -2.10. The molecule has 1 fully saturated rings. The van der Waals surface area contributed by atoms with E-state index in [0.29, 0.717) is 22.8 Å². The number of carbonyl (C=O) groups is 2. The molecule has 0 spiro atoms. The van der Waals surface area contributed by atoms with Crippen molar-refractivity contribution in [3.8, 4) is 5.75 Å². The molecule has 8 nitrogen and oxygen atoms in total. The van der Waals surface area contributed by atoms with Crippen molar-refractivity contribution in [2.75, 3.05) is 18.0 Å². The second kappa shape index (κ2) is 11.3. The van der Waals surface area contributed by atoms with Gasteiger partial charge in [0.1, 0.15) is 11.8 Å². The van der Waals surface area contributed by atoms with Crippen LogP contribution in [0.25, 0.3) is 10.8 Å². The molecule has 39 heavy (non-hydrogen) atoms. The van der Waals surface area contributed by atoms with Gasteiger partial charge in [0.25, 0.3) is 10.0 Å². The third kappa shape index (κ3) is 5.45. The molecular weight excluding hydrogens is 514 g/mol. The van der Waals surface area contributed by atoms with E-state index in [9.17, 15) is 18.0 Å². The Morgan fingerprint density at radius 2 is 1.79 bits per heavy atom. The molecule has 2 amide bonds. The molecular formula is C30H35N3O5S. The lowest BCUT2D eigenvalue weighted by Crippen LogP contribution is -2.49. The number of hydrogen-bond donors (Lipinski definition) is 1. The molecule has 1 saturated carbocycles. The van der Waals surface area contributed by atoms with Gasteiger partial charge in [0, 0.05) is 30.9 Å². The van der Waals surface area contributed by atoms with Crippen LogP contribution in [0.5, 0.6) is 5.75 Å². The molecule has 206 valence electrons. The van der Waals surface area contributed by atoms with Crippen molar-refractivity contribution >= 4 is 38.3 Å². The zero-order valence-electron chi connectivity index (χ0n) is 22.4. The largest absolute Gasteiger partial charge is 0.497 e. The first-order valence-electron chi connectivity index (χ1n) is 13.6. The number of benzene rings is 3. The highest BCUT2D eigenvalue weighted by atomic mass is 32.2. The Kier molecular flexibility index (Phi) is 7.79. The number of sulfonamides is 1. The van der Waals surface area contributed by atoms with E-state index in [1.54, 1.807) is 31.1 Å². The molecule has 0 aromatic heterocycles. The average Bonchev–Trinajstić information content (AvgIpc) is 3.53. The van der Waals surface area contributed by atoms with Crippen LogP contribution in [0.4, 0.5) is 5.69 Å². The molecule has 0 unspecified atom stereocenters. The van der Waals surface area contributed by atoms with Gasteiger partial charge in [-0.1, -0.05) is 49.2 Å². The van der Waals surface area contributed by atoms with E-state index in [0.717, 1.165) is 42.0 Å². The van der Waals surface area contributed by atoms with Crippen LogP contribution in [0.3, 0.4) is 0 Å². The van der Waals surface area contributed by atoms with E-state index in [4.69, 9.17) is 4.74 Å². The second-order valence-electron chi connectivity index (χ2n) is 10.4. The minimum absolute atomic E-state index is 0.114. The fourth-order valence-corrected chi connectivity index (χ4v) is 7.41. The van der Waals surface area contributed by atoms with Crippen LogP contribution in [0.2, 0.25) is 0 Å². The number of anilines is 1. The summed E-state index contributed by atoms with van der Waals surface area (Å²) in [6.45, 7) is 2.18. The van der Waals surface area contributed by atoms with E-state index >= 15 is 0 Å². The number of ether oxygens (including phenoxy) is 1. The molecule has 3 aromatic rings. The molecule has 0 radical (unpaired) electrons. The maximum atomic E-state index is 13.6. The van der Waals surface area contributed by atoms with Crippen LogP contribution in [0.15, 0.2) is 65.6 Å². The molecule has 5 rings (SSSR count). The number of amides is 2. The second-order valence-corrected chi connectivity index (χ2v) is 12.2. The summed E-state index contributed by atoms with van der Waals surface area (Å²) >= 11 is 0. The fourth-order valence-electron chi connectivity index (χ4n) is 5.66. The minimum atomic E-state index is -3.69. The number of hydrogen-bond acceptors (Lipinski definition) is 5. The third-order valence-corrected chi connectivity index (χ3v) is 9.64. The Morgan fingerprint density at radius 1 is 1.08 bits per heavy atom. The first-order chi connectivity index (χ1) is 18.8. The normalized spacial score (nSPS) is 16.8. The summed E-state index contributed by atoms with van der Waals surface area (Å²) in [5, 5.41) is 4.71. The molecule has 0 bridgehead atoms. The lowest BCUT2D eigenvalue weighted by atomic mass is 10.1. The van der Waals surface area contributed by atoms with Crippen molar-refractivity contribution in [3.05, 3.63) is 66.2 Å². The van der Waals surface area contributed by atoms with Crippen LogP contribution in [0.1, 0.15) is 51.0 Å². The van der Waals surface area contributed by atoms with E-state index in [1.165, 1.54) is 4.31 Å². The Labute approximate surface area is 230 Å². The average molecular weight is 550 g/mol. The maximum absolute atomic E-state index is 13.6. The van der Waals surface area contributed by atoms with Gasteiger partial charge in [-0.15, -0.1) is 0 Å². The van der Waals surface area contributed by atoms with Crippen LogP contribution in [-0.4, -0.2) is 50.9 Å². The van der Waals surface area contributed by atoms with Gasteiger partial charge in [-0.05, 0) is 61.4 Å². The Balaban J connectivity index is 1.30. The predicted octanol–water partition coefficient (Wildman–Crippen LogP) is 4.61. The first-order valence-corrected chi connectivity index (χ1v) is 15.0. The third-order valence-electron chi connectivity index (χ3n) is 7.79. The van der Waals surface area contributed by atoms with Gasteiger partial charge < -0.3 is 15.0 Å². The minimum Gasteiger partial charge on any atom is -0.497 e. The Bertz CT molecular complexity index is 1480. The van der Waals surface area contributed by atoms with Crippen LogP contribution in [-0.2, 0) is 26.2 Å². The van der Waals surface area contributed by atoms with Crippen molar-refractivity contribution in [3.63, 3.8) is 0 Å². The Hall–Kier alpha value is -3.59. The van der Waals surface area contributed by atoms with Crippen molar-refractivity contribution in [2.24, 2.45) is 0 Å². The molecule has 1 atom stereocenters. The van der Waals surface area contributed by atoms with E-state index in [-0.39, 0.29) is 37.4 Å². The van der Waals surface area contributed by atoms with Gasteiger partial charge >= 0.3 is 0 Å². The molecule has 1 aliphatic heterocycles. The van der Waals surface area contributed by atoms with Crippen LogP contribution >= 0.6 is 0 Å². The first kappa shape index (κ1) is 27.0. The van der Waals surface area contributed by atoms with Crippen LogP contribution < -0.4 is 14.4 Å². The van der Waals surface area contributed by atoms with Gasteiger partial charge in [0.15, 0.2) is 0 Å². The van der Waals surface area contributed by atoms with Gasteiger partial charge in [-0.25, -0.2) is 8.42 Å². The highest BCUT2D eigenvalue weighted by Crippen LogP contribution is 2.42. The summed E-state index contributed by atoms with van der Waals surface area (Å²) < 4.78 is 33.4. The molecule has 1 aliphatic carbocycles. The number of methoxy groups -OCH3 is 1. The lowest BCUT2D eigenvalue weighted by Gasteiger charge is -2.30. The highest BCUT2D eigenvalue weighted by molar-refractivity contribution is 7.93. The van der Waals surface area contributed by atoms with Crippen LogP contribution in [0, 0.1) is 0 Å². The van der Waals surface area contributed by atoms with E-state index in [1.807, 2.05) is 48.5 Å². The predicted molar refractivity (Wildman–Crippen MR) is 151 cm³/mol. The summed E-state index contributed by atoms with van der Waals surface area (Å²) in [4.78, 5) is 28.6. The molecule has 1 heterocycles. The molecule has 2 aliphatic rings. The quantitative estimate of drug-likeness (QED) is 0.398. The standard InChI is InChI=1S/C30H35N3O5S/c1-21(30(35)31-24-12-3-4-13-24)32(20-22-9-5-14-25(19-22)38-2)28(34)17-8-18-33-26-15-6-10-23-11-7-16-27(29(23)26)39(33,36)37/h5-7,9-11,14-16,19,21,24H,3-4,8,12-13,17-18,20H2,1-2H3,(H,31,35)/t21-/m1/s1. The van der Waals surface area contributed by atoms with Crippen molar-refractivity contribution in [1.29, 1.82) is 0 Å². The van der Waals surface area contributed by atoms with Gasteiger partial charge in [0.05, 0.1) is 17.7 Å². The number of carbonyl (C=O) groups excluding carboxylic acids is 2. The molecule has 0 saturated heterocycles. The van der Waals surface area contributed by atoms with Gasteiger partial charge in [-0.3, -0.25) is 13.9 Å². The summed E-state index contributed by atoms with van der Waals surface area (Å²) in [5.74, 6) is 0.317. The van der Waals surface area contributed by atoms with E-state index < -0.39 is 16.1 Å². The Morgan fingerprint density at radius 3 is 2.54 bits per heavy atom. The SMILES string of the molecule is COc1cccc(CN(C(=O)CCCN2c3cccc4cccc(c34)S2(=O)=O)[C@H](C)C(=O)NC2CCCC2)c1. The monoisotopic (exact) mass is 549 g/mol. The smallest absolute Gasteiger partial charge is 0.265 e. The molecule has 1 N–H and O–H groups in total. The molecule has 9 heteroatoms. The summed E-state index contributed by atoms with van der Waals surface area (Å²) in [6, 6.07) is 17.8. The zero-order chi connectivity index (χ0) is 27.6. The topological polar surface area (TPSA) is 96.0 Å². The van der Waals surface area contributed by atoms with Crippen molar-refractivity contribution in [2.45, 2.75) is 69.0 Å². The summed E-state index contributed by atoms with van der Waals surface area (Å²) in [6.07, 6.45) is 4.56. The number of nitrogens with one attached hydrogen (secondary N) is 1. The fraction of sp³-hybridized carbons (Fsp3) is 0.400. The number of rotatable bonds is 10. The lowest BCUT2D eigenvalue weighted by molar-refractivity contribution is -0.141. The highest BCUT2D eigenvalue weighted by Gasteiger charge is 2.35. The molecule has 3 aromatic carbocycles. The number of nitrogens with zero attached hydrogens (tertiary/aromatic N) is 2. The van der Waals surface area contributed by atoms with E-state index in [2.05, 4.69) is 5.32 Å². The van der Waals surface area contributed by atoms with Crippen molar-refractivity contribution in [1.82, 2.24) is 10.2 Å².